The Balaban J connectivity index is 1.55. The molecule has 0 radical (unpaired) electrons. The number of anilines is 3. The average molecular weight is 385 g/mol. The quantitative estimate of drug-likeness (QED) is 0.835. The summed E-state index contributed by atoms with van der Waals surface area (Å²) in [6, 6.07) is 7.91. The predicted octanol–water partition coefficient (Wildman–Crippen LogP) is 1.91. The second-order valence-electron chi connectivity index (χ2n) is 7.06. The Morgan fingerprint density at radius 3 is 2.64 bits per heavy atom. The molecule has 1 aromatic carbocycles. The second kappa shape index (κ2) is 8.10. The number of nitrogens with zero attached hydrogens (tertiary/aromatic N) is 4. The van der Waals surface area contributed by atoms with E-state index in [1.54, 1.807) is 14.2 Å². The topological polar surface area (TPSA) is 86.0 Å². The number of rotatable bonds is 5. The van der Waals surface area contributed by atoms with Crippen molar-refractivity contribution < 1.29 is 14.2 Å². The smallest absolute Gasteiger partial charge is 0.229 e. The van der Waals surface area contributed by atoms with Gasteiger partial charge in [0.25, 0.3) is 0 Å². The summed E-state index contributed by atoms with van der Waals surface area (Å²) >= 11 is 0. The van der Waals surface area contributed by atoms with Gasteiger partial charge >= 0.3 is 0 Å². The third-order valence-corrected chi connectivity index (χ3v) is 5.40. The van der Waals surface area contributed by atoms with Crippen molar-refractivity contribution in [2.75, 3.05) is 69.1 Å². The fourth-order valence-electron chi connectivity index (χ4n) is 3.96. The van der Waals surface area contributed by atoms with E-state index in [0.29, 0.717) is 30.9 Å². The van der Waals surface area contributed by atoms with E-state index in [4.69, 9.17) is 24.9 Å². The average Bonchev–Trinajstić information content (AvgIpc) is 3.23. The Labute approximate surface area is 165 Å². The summed E-state index contributed by atoms with van der Waals surface area (Å²) in [6.07, 6.45) is 1.01. The molecule has 1 atom stereocenters. The first-order valence-corrected chi connectivity index (χ1v) is 9.62. The number of hydrogen-bond donors (Lipinski definition) is 1. The van der Waals surface area contributed by atoms with Crippen LogP contribution in [-0.2, 0) is 4.74 Å². The van der Waals surface area contributed by atoms with E-state index in [9.17, 15) is 0 Å². The molecule has 1 aromatic heterocycles. The van der Waals surface area contributed by atoms with Crippen LogP contribution in [0.4, 0.5) is 17.6 Å². The van der Waals surface area contributed by atoms with Crippen LogP contribution in [0.3, 0.4) is 0 Å². The first-order valence-electron chi connectivity index (χ1n) is 9.62. The SMILES string of the molecule is COc1cccc(C2CCN(c3cc(N)nc(N4CCOCC4)n3)C2)c1OC. The van der Waals surface area contributed by atoms with E-state index >= 15 is 0 Å². The Kier molecular flexibility index (Phi) is 5.38. The minimum absolute atomic E-state index is 0.341. The summed E-state index contributed by atoms with van der Waals surface area (Å²) in [4.78, 5) is 13.6. The standard InChI is InChI=1S/C20H27N5O3/c1-26-16-5-3-4-15(19(16)27-2)14-6-7-25(13-14)18-12-17(21)22-20(23-18)24-8-10-28-11-9-24/h3-5,12,14H,6-11,13H2,1-2H3,(H2,21,22,23). The number of morpholine rings is 1. The lowest BCUT2D eigenvalue weighted by molar-refractivity contribution is 0.122. The molecule has 3 heterocycles. The number of ether oxygens (including phenoxy) is 3. The normalized spacial score (nSPS) is 19.7. The summed E-state index contributed by atoms with van der Waals surface area (Å²) in [6.45, 7) is 4.70. The maximum atomic E-state index is 6.09. The number of nitrogen functional groups attached to an aromatic ring is 1. The van der Waals surface area contributed by atoms with Gasteiger partial charge in [-0.2, -0.15) is 9.97 Å². The number of para-hydroxylation sites is 1. The number of hydrogen-bond acceptors (Lipinski definition) is 8. The zero-order valence-corrected chi connectivity index (χ0v) is 16.4. The first-order chi connectivity index (χ1) is 13.7. The van der Waals surface area contributed by atoms with Crippen LogP contribution in [0.5, 0.6) is 11.5 Å². The van der Waals surface area contributed by atoms with Crippen molar-refractivity contribution in [3.63, 3.8) is 0 Å². The Morgan fingerprint density at radius 1 is 1.07 bits per heavy atom. The molecule has 8 heteroatoms. The summed E-state index contributed by atoms with van der Waals surface area (Å²) < 4.78 is 16.5. The largest absolute Gasteiger partial charge is 0.493 e. The molecule has 2 aliphatic rings. The molecule has 4 rings (SSSR count). The number of aromatic nitrogens is 2. The zero-order chi connectivity index (χ0) is 19.5. The highest BCUT2D eigenvalue weighted by molar-refractivity contribution is 5.55. The van der Waals surface area contributed by atoms with Crippen molar-refractivity contribution in [1.29, 1.82) is 0 Å². The van der Waals surface area contributed by atoms with Crippen LogP contribution in [0.25, 0.3) is 0 Å². The van der Waals surface area contributed by atoms with E-state index in [2.05, 4.69) is 20.9 Å². The van der Waals surface area contributed by atoms with Gasteiger partial charge in [-0.25, -0.2) is 0 Å². The van der Waals surface area contributed by atoms with Gasteiger partial charge in [-0.15, -0.1) is 0 Å². The van der Waals surface area contributed by atoms with E-state index in [-0.39, 0.29) is 0 Å². The molecule has 2 aromatic rings. The van der Waals surface area contributed by atoms with Gasteiger partial charge in [-0.1, -0.05) is 12.1 Å². The Morgan fingerprint density at radius 2 is 1.89 bits per heavy atom. The summed E-state index contributed by atoms with van der Waals surface area (Å²) in [5.41, 5.74) is 7.26. The Bertz CT molecular complexity index is 825. The van der Waals surface area contributed by atoms with Crippen LogP contribution in [0, 0.1) is 0 Å². The molecule has 2 aliphatic heterocycles. The molecule has 0 saturated carbocycles. The first kappa shape index (κ1) is 18.6. The van der Waals surface area contributed by atoms with Crippen LogP contribution in [-0.4, -0.2) is 63.6 Å². The van der Waals surface area contributed by atoms with Gasteiger partial charge in [-0.05, 0) is 12.5 Å². The number of benzene rings is 1. The summed E-state index contributed by atoms with van der Waals surface area (Å²) in [5.74, 6) is 3.97. The summed E-state index contributed by atoms with van der Waals surface area (Å²) in [5, 5.41) is 0. The van der Waals surface area contributed by atoms with Gasteiger partial charge in [0.2, 0.25) is 5.95 Å². The molecule has 2 fully saturated rings. The highest BCUT2D eigenvalue weighted by atomic mass is 16.5. The maximum Gasteiger partial charge on any atom is 0.229 e. The summed E-state index contributed by atoms with van der Waals surface area (Å²) in [7, 11) is 3.35. The molecule has 8 nitrogen and oxygen atoms in total. The molecule has 0 bridgehead atoms. The third-order valence-electron chi connectivity index (χ3n) is 5.40. The molecule has 28 heavy (non-hydrogen) atoms. The molecule has 2 N–H and O–H groups in total. The highest BCUT2D eigenvalue weighted by Gasteiger charge is 2.29. The van der Waals surface area contributed by atoms with Crippen LogP contribution in [0.2, 0.25) is 0 Å². The minimum atomic E-state index is 0.341. The van der Waals surface area contributed by atoms with E-state index in [0.717, 1.165) is 49.9 Å². The molecular formula is C20H27N5O3. The maximum absolute atomic E-state index is 6.09. The monoisotopic (exact) mass is 385 g/mol. The lowest BCUT2D eigenvalue weighted by Crippen LogP contribution is -2.37. The predicted molar refractivity (Wildman–Crippen MR) is 109 cm³/mol. The van der Waals surface area contributed by atoms with E-state index in [1.165, 1.54) is 5.56 Å². The van der Waals surface area contributed by atoms with Crippen molar-refractivity contribution in [3.05, 3.63) is 29.8 Å². The van der Waals surface area contributed by atoms with Crippen LogP contribution in [0.15, 0.2) is 24.3 Å². The molecular weight excluding hydrogens is 358 g/mol. The lowest BCUT2D eigenvalue weighted by atomic mass is 9.97. The van der Waals surface area contributed by atoms with Crippen molar-refractivity contribution in [1.82, 2.24) is 9.97 Å². The third kappa shape index (κ3) is 3.64. The minimum Gasteiger partial charge on any atom is -0.493 e. The molecule has 150 valence electrons. The highest BCUT2D eigenvalue weighted by Crippen LogP contribution is 2.40. The van der Waals surface area contributed by atoms with Crippen molar-refractivity contribution in [2.45, 2.75) is 12.3 Å². The second-order valence-corrected chi connectivity index (χ2v) is 7.06. The molecule has 1 unspecified atom stereocenters. The van der Waals surface area contributed by atoms with Crippen LogP contribution in [0.1, 0.15) is 17.9 Å². The fourth-order valence-corrected chi connectivity index (χ4v) is 3.96. The van der Waals surface area contributed by atoms with E-state index < -0.39 is 0 Å². The van der Waals surface area contributed by atoms with Crippen LogP contribution >= 0.6 is 0 Å². The molecule has 0 amide bonds. The van der Waals surface area contributed by atoms with Crippen LogP contribution < -0.4 is 25.0 Å². The molecule has 0 aliphatic carbocycles. The van der Waals surface area contributed by atoms with Gasteiger partial charge in [-0.3, -0.25) is 0 Å². The van der Waals surface area contributed by atoms with Gasteiger partial charge in [0.15, 0.2) is 11.5 Å². The molecule has 2 saturated heterocycles. The van der Waals surface area contributed by atoms with Crippen molar-refractivity contribution in [2.24, 2.45) is 0 Å². The van der Waals surface area contributed by atoms with Gasteiger partial charge < -0.3 is 29.7 Å². The number of methoxy groups -OCH3 is 2. The van der Waals surface area contributed by atoms with Gasteiger partial charge in [0.1, 0.15) is 11.6 Å². The van der Waals surface area contributed by atoms with Crippen molar-refractivity contribution in [3.8, 4) is 11.5 Å². The fraction of sp³-hybridized carbons (Fsp3) is 0.500. The van der Waals surface area contributed by atoms with Crippen molar-refractivity contribution >= 4 is 17.6 Å². The van der Waals surface area contributed by atoms with E-state index in [1.807, 2.05) is 18.2 Å². The Hall–Kier alpha value is -2.74. The van der Waals surface area contributed by atoms with Gasteiger partial charge in [0, 0.05) is 43.7 Å². The lowest BCUT2D eigenvalue weighted by Gasteiger charge is -2.28. The number of nitrogens with two attached hydrogens (primary N) is 1. The molecule has 0 spiro atoms. The van der Waals surface area contributed by atoms with Gasteiger partial charge in [0.05, 0.1) is 27.4 Å². The zero-order valence-electron chi connectivity index (χ0n) is 16.4.